The first-order valence-corrected chi connectivity index (χ1v) is 5.22. The Labute approximate surface area is 102 Å². The molecule has 0 saturated heterocycles. The Morgan fingerprint density at radius 2 is 2.00 bits per heavy atom. The van der Waals surface area contributed by atoms with Gasteiger partial charge < -0.3 is 19.9 Å². The summed E-state index contributed by atoms with van der Waals surface area (Å²) in [5.74, 6) is -2.57. The minimum Gasteiger partial charge on any atom is -0.481 e. The average Bonchev–Trinajstić information content (AvgIpc) is 2.70. The SMILES string of the molecule is Cc1ccc(C(=O)N[C@H](CCC(=O)O)C(=O)O)o1. The van der Waals surface area contributed by atoms with E-state index in [1.54, 1.807) is 13.0 Å². The Bertz CT molecular complexity index is 464. The van der Waals surface area contributed by atoms with Crippen LogP contribution in [0.3, 0.4) is 0 Å². The summed E-state index contributed by atoms with van der Waals surface area (Å²) in [5, 5.41) is 19.5. The first-order chi connectivity index (χ1) is 8.40. The van der Waals surface area contributed by atoms with Crippen LogP contribution in [0.15, 0.2) is 16.5 Å². The maximum Gasteiger partial charge on any atom is 0.326 e. The van der Waals surface area contributed by atoms with E-state index in [0.29, 0.717) is 5.76 Å². The molecule has 7 nitrogen and oxygen atoms in total. The van der Waals surface area contributed by atoms with Gasteiger partial charge in [0.15, 0.2) is 5.76 Å². The molecule has 0 saturated carbocycles. The summed E-state index contributed by atoms with van der Waals surface area (Å²) in [5.41, 5.74) is 0. The lowest BCUT2D eigenvalue weighted by atomic mass is 10.1. The standard InChI is InChI=1S/C11H13NO6/c1-6-2-4-8(18-6)10(15)12-7(11(16)17)3-5-9(13)14/h2,4,7H,3,5H2,1H3,(H,12,15)(H,13,14)(H,16,17)/t7-/m1/s1. The molecule has 98 valence electrons. The average molecular weight is 255 g/mol. The fourth-order valence-corrected chi connectivity index (χ4v) is 1.31. The van der Waals surface area contributed by atoms with Crippen LogP contribution in [0.2, 0.25) is 0 Å². The van der Waals surface area contributed by atoms with Crippen molar-refractivity contribution in [3.63, 3.8) is 0 Å². The number of carbonyl (C=O) groups excluding carboxylic acids is 1. The number of amides is 1. The zero-order valence-corrected chi connectivity index (χ0v) is 9.67. The number of hydrogen-bond donors (Lipinski definition) is 3. The summed E-state index contributed by atoms with van der Waals surface area (Å²) < 4.78 is 5.03. The largest absolute Gasteiger partial charge is 0.481 e. The quantitative estimate of drug-likeness (QED) is 0.686. The van der Waals surface area contributed by atoms with E-state index in [4.69, 9.17) is 14.6 Å². The summed E-state index contributed by atoms with van der Waals surface area (Å²) in [7, 11) is 0. The normalized spacial score (nSPS) is 11.8. The highest BCUT2D eigenvalue weighted by molar-refractivity contribution is 5.94. The Morgan fingerprint density at radius 1 is 1.33 bits per heavy atom. The molecule has 0 bridgehead atoms. The number of hydrogen-bond acceptors (Lipinski definition) is 4. The summed E-state index contributed by atoms with van der Waals surface area (Å²) in [6.07, 6.45) is -0.523. The third-order valence-electron chi connectivity index (χ3n) is 2.21. The third kappa shape index (κ3) is 3.93. The van der Waals surface area contributed by atoms with Gasteiger partial charge in [0, 0.05) is 6.42 Å². The van der Waals surface area contributed by atoms with Crippen LogP contribution in [0.25, 0.3) is 0 Å². The number of carbonyl (C=O) groups is 3. The molecule has 0 aliphatic carbocycles. The molecule has 1 amide bonds. The van der Waals surface area contributed by atoms with Gasteiger partial charge in [-0.3, -0.25) is 9.59 Å². The molecular formula is C11H13NO6. The van der Waals surface area contributed by atoms with Gasteiger partial charge in [-0.15, -0.1) is 0 Å². The number of aryl methyl sites for hydroxylation is 1. The minimum atomic E-state index is -1.28. The van der Waals surface area contributed by atoms with E-state index in [0.717, 1.165) is 0 Å². The molecular weight excluding hydrogens is 242 g/mol. The topological polar surface area (TPSA) is 117 Å². The number of carboxylic acids is 2. The number of furan rings is 1. The van der Waals surface area contributed by atoms with Crippen molar-refractivity contribution >= 4 is 17.8 Å². The van der Waals surface area contributed by atoms with E-state index in [1.165, 1.54) is 6.07 Å². The monoisotopic (exact) mass is 255 g/mol. The lowest BCUT2D eigenvalue weighted by Crippen LogP contribution is -2.41. The van der Waals surface area contributed by atoms with Crippen molar-refractivity contribution in [1.29, 1.82) is 0 Å². The van der Waals surface area contributed by atoms with Crippen LogP contribution in [-0.4, -0.2) is 34.1 Å². The smallest absolute Gasteiger partial charge is 0.326 e. The molecule has 7 heteroatoms. The second-order valence-corrected chi connectivity index (χ2v) is 3.71. The second-order valence-electron chi connectivity index (χ2n) is 3.71. The maximum atomic E-state index is 11.6. The Morgan fingerprint density at radius 3 is 2.44 bits per heavy atom. The fourth-order valence-electron chi connectivity index (χ4n) is 1.31. The molecule has 1 rings (SSSR count). The van der Waals surface area contributed by atoms with Gasteiger partial charge in [-0.05, 0) is 25.5 Å². The molecule has 0 aliphatic heterocycles. The van der Waals surface area contributed by atoms with E-state index in [9.17, 15) is 14.4 Å². The van der Waals surface area contributed by atoms with Gasteiger partial charge in [-0.25, -0.2) is 4.79 Å². The molecule has 1 atom stereocenters. The zero-order chi connectivity index (χ0) is 13.7. The molecule has 0 radical (unpaired) electrons. The van der Waals surface area contributed by atoms with Gasteiger partial charge in [-0.2, -0.15) is 0 Å². The third-order valence-corrected chi connectivity index (χ3v) is 2.21. The van der Waals surface area contributed by atoms with E-state index >= 15 is 0 Å². The summed E-state index contributed by atoms with van der Waals surface area (Å²) in [6, 6.07) is 1.74. The lowest BCUT2D eigenvalue weighted by molar-refractivity contribution is -0.140. The second kappa shape index (κ2) is 5.85. The van der Waals surface area contributed by atoms with Gasteiger partial charge in [0.25, 0.3) is 5.91 Å². The van der Waals surface area contributed by atoms with Crippen molar-refractivity contribution in [1.82, 2.24) is 5.32 Å². The van der Waals surface area contributed by atoms with Gasteiger partial charge in [0.1, 0.15) is 11.8 Å². The summed E-state index contributed by atoms with van der Waals surface area (Å²) in [6.45, 7) is 1.65. The molecule has 3 N–H and O–H groups in total. The van der Waals surface area contributed by atoms with E-state index < -0.39 is 23.9 Å². The van der Waals surface area contributed by atoms with Gasteiger partial charge in [0.05, 0.1) is 0 Å². The highest BCUT2D eigenvalue weighted by Gasteiger charge is 2.22. The van der Waals surface area contributed by atoms with Crippen molar-refractivity contribution in [2.75, 3.05) is 0 Å². The molecule has 1 aromatic rings. The van der Waals surface area contributed by atoms with Crippen LogP contribution in [0.1, 0.15) is 29.2 Å². The van der Waals surface area contributed by atoms with Gasteiger partial charge in [-0.1, -0.05) is 0 Å². The number of aliphatic carboxylic acids is 2. The minimum absolute atomic E-state index is 0.00549. The van der Waals surface area contributed by atoms with Crippen LogP contribution in [0, 0.1) is 6.92 Å². The van der Waals surface area contributed by atoms with E-state index in [-0.39, 0.29) is 18.6 Å². The van der Waals surface area contributed by atoms with Gasteiger partial charge in [0.2, 0.25) is 0 Å². The molecule has 0 fully saturated rings. The van der Waals surface area contributed by atoms with Crippen molar-refractivity contribution in [3.8, 4) is 0 Å². The van der Waals surface area contributed by atoms with Crippen LogP contribution in [-0.2, 0) is 9.59 Å². The highest BCUT2D eigenvalue weighted by atomic mass is 16.4. The van der Waals surface area contributed by atoms with E-state index in [1.807, 2.05) is 0 Å². The van der Waals surface area contributed by atoms with Gasteiger partial charge >= 0.3 is 11.9 Å². The summed E-state index contributed by atoms with van der Waals surface area (Å²) >= 11 is 0. The van der Waals surface area contributed by atoms with Crippen molar-refractivity contribution in [2.45, 2.75) is 25.8 Å². The van der Waals surface area contributed by atoms with Crippen molar-refractivity contribution in [3.05, 3.63) is 23.7 Å². The van der Waals surface area contributed by atoms with Crippen molar-refractivity contribution in [2.24, 2.45) is 0 Å². The number of carboxylic acid groups (broad SMARTS) is 2. The molecule has 1 heterocycles. The number of rotatable bonds is 6. The Kier molecular flexibility index (Phi) is 4.47. The molecule has 0 spiro atoms. The molecule has 1 aromatic heterocycles. The fraction of sp³-hybridized carbons (Fsp3) is 0.364. The molecule has 0 unspecified atom stereocenters. The Balaban J connectivity index is 2.63. The molecule has 0 aromatic carbocycles. The Hall–Kier alpha value is -2.31. The van der Waals surface area contributed by atoms with Crippen molar-refractivity contribution < 1.29 is 29.0 Å². The van der Waals surface area contributed by atoms with Crippen LogP contribution in [0.5, 0.6) is 0 Å². The van der Waals surface area contributed by atoms with Crippen LogP contribution >= 0.6 is 0 Å². The maximum absolute atomic E-state index is 11.6. The van der Waals surface area contributed by atoms with E-state index in [2.05, 4.69) is 5.32 Å². The summed E-state index contributed by atoms with van der Waals surface area (Å²) in [4.78, 5) is 32.8. The van der Waals surface area contributed by atoms with Crippen LogP contribution < -0.4 is 5.32 Å². The highest BCUT2D eigenvalue weighted by Crippen LogP contribution is 2.07. The molecule has 0 aliphatic rings. The first kappa shape index (κ1) is 13.8. The first-order valence-electron chi connectivity index (χ1n) is 5.22. The molecule has 18 heavy (non-hydrogen) atoms. The predicted molar refractivity (Wildman–Crippen MR) is 59.2 cm³/mol. The lowest BCUT2D eigenvalue weighted by Gasteiger charge is -2.12. The zero-order valence-electron chi connectivity index (χ0n) is 9.67. The number of nitrogens with one attached hydrogen (secondary N) is 1. The van der Waals surface area contributed by atoms with Crippen LogP contribution in [0.4, 0.5) is 0 Å². The predicted octanol–water partition coefficient (Wildman–Crippen LogP) is 0.636.